The fraction of sp³-hybridized carbons (Fsp3) is 0.481. The van der Waals surface area contributed by atoms with Crippen molar-refractivity contribution in [2.24, 2.45) is 0 Å². The zero-order valence-electron chi connectivity index (χ0n) is 21.9. The summed E-state index contributed by atoms with van der Waals surface area (Å²) in [5.74, 6) is 0.377. The molecule has 4 rings (SSSR count). The number of imide groups is 1. The van der Waals surface area contributed by atoms with Crippen molar-refractivity contribution in [2.45, 2.75) is 25.6 Å². The zero-order chi connectivity index (χ0) is 26.4. The van der Waals surface area contributed by atoms with E-state index in [1.165, 1.54) is 17.0 Å². The summed E-state index contributed by atoms with van der Waals surface area (Å²) in [5, 5.41) is 0. The van der Waals surface area contributed by atoms with E-state index in [4.69, 9.17) is 4.74 Å². The van der Waals surface area contributed by atoms with E-state index in [1.807, 2.05) is 34.1 Å². The maximum atomic E-state index is 13.0. The topological polar surface area (TPSA) is 56.3 Å². The monoisotopic (exact) mass is 590 g/mol. The third-order valence-corrected chi connectivity index (χ3v) is 6.92. The molecule has 2 saturated heterocycles. The van der Waals surface area contributed by atoms with Gasteiger partial charge in [0.05, 0.1) is 25.8 Å². The van der Waals surface area contributed by atoms with Gasteiger partial charge in [0.2, 0.25) is 11.8 Å². The lowest BCUT2D eigenvalue weighted by atomic mass is 10.1. The second kappa shape index (κ2) is 14.7. The average Bonchev–Trinajstić information content (AvgIpc) is 2.88. The van der Waals surface area contributed by atoms with Crippen LogP contribution in [-0.2, 0) is 22.3 Å². The number of rotatable bonds is 9. The van der Waals surface area contributed by atoms with E-state index in [0.717, 1.165) is 49.9 Å². The molecule has 0 atom stereocenters. The lowest BCUT2D eigenvalue weighted by molar-refractivity contribution is -0.151. The predicted octanol–water partition coefficient (Wildman–Crippen LogP) is 4.33. The van der Waals surface area contributed by atoms with Gasteiger partial charge in [0, 0.05) is 50.5 Å². The van der Waals surface area contributed by atoms with Crippen LogP contribution in [0.5, 0.6) is 5.75 Å². The van der Waals surface area contributed by atoms with Crippen LogP contribution in [0.3, 0.4) is 0 Å². The normalized spacial score (nSPS) is 17.0. The largest absolute Gasteiger partial charge is 0.496 e. The van der Waals surface area contributed by atoms with E-state index < -0.39 is 11.7 Å². The number of nitrogens with zero attached hydrogens (tertiary/aromatic N) is 4. The number of halogens is 5. The van der Waals surface area contributed by atoms with Crippen LogP contribution in [0.2, 0.25) is 0 Å². The molecule has 0 aliphatic carbocycles. The molecule has 0 radical (unpaired) electrons. The first-order chi connectivity index (χ1) is 17.7. The molecule has 12 heteroatoms. The highest BCUT2D eigenvalue weighted by molar-refractivity contribution is 5.99. The van der Waals surface area contributed by atoms with Crippen molar-refractivity contribution in [2.75, 3.05) is 64.4 Å². The number of anilines is 1. The fourth-order valence-electron chi connectivity index (χ4n) is 4.90. The first-order valence-electron chi connectivity index (χ1n) is 12.6. The van der Waals surface area contributed by atoms with E-state index >= 15 is 0 Å². The molecule has 2 heterocycles. The molecular weight excluding hydrogens is 556 g/mol. The molecule has 2 aliphatic rings. The number of carbonyl (C=O) groups excluding carboxylic acids is 2. The van der Waals surface area contributed by atoms with Crippen molar-refractivity contribution >= 4 is 42.3 Å². The first kappa shape index (κ1) is 32.7. The summed E-state index contributed by atoms with van der Waals surface area (Å²) in [6, 6.07) is 13.0. The van der Waals surface area contributed by atoms with Crippen molar-refractivity contribution in [1.82, 2.24) is 14.7 Å². The minimum absolute atomic E-state index is 0. The van der Waals surface area contributed by atoms with E-state index in [-0.39, 0.29) is 49.7 Å². The van der Waals surface area contributed by atoms with E-state index in [2.05, 4.69) is 4.90 Å². The van der Waals surface area contributed by atoms with Gasteiger partial charge >= 0.3 is 6.18 Å². The lowest BCUT2D eigenvalue weighted by Crippen LogP contribution is -2.53. The van der Waals surface area contributed by atoms with Gasteiger partial charge in [-0.05, 0) is 43.7 Å². The van der Waals surface area contributed by atoms with Gasteiger partial charge in [-0.1, -0.05) is 24.3 Å². The highest BCUT2D eigenvalue weighted by Crippen LogP contribution is 2.32. The van der Waals surface area contributed by atoms with Crippen molar-refractivity contribution in [3.63, 3.8) is 0 Å². The second-order valence-corrected chi connectivity index (χ2v) is 9.48. The van der Waals surface area contributed by atoms with Crippen molar-refractivity contribution in [3.05, 3.63) is 59.7 Å². The van der Waals surface area contributed by atoms with Crippen molar-refractivity contribution in [1.29, 1.82) is 0 Å². The summed E-state index contributed by atoms with van der Waals surface area (Å²) >= 11 is 0. The Balaban J connectivity index is 0.00000267. The number of alkyl halides is 3. The van der Waals surface area contributed by atoms with Crippen LogP contribution in [0.4, 0.5) is 18.9 Å². The summed E-state index contributed by atoms with van der Waals surface area (Å²) in [7, 11) is 1.60. The van der Waals surface area contributed by atoms with E-state index in [9.17, 15) is 22.8 Å². The number of carbonyl (C=O) groups is 2. The number of amides is 2. The van der Waals surface area contributed by atoms with Crippen molar-refractivity contribution in [3.8, 4) is 5.75 Å². The van der Waals surface area contributed by atoms with Gasteiger partial charge in [-0.3, -0.25) is 24.3 Å². The highest BCUT2D eigenvalue weighted by atomic mass is 35.5. The number of para-hydroxylation sites is 1. The molecular formula is C27H35Cl2F3N4O3. The smallest absolute Gasteiger partial charge is 0.416 e. The van der Waals surface area contributed by atoms with Crippen LogP contribution in [0.25, 0.3) is 0 Å². The van der Waals surface area contributed by atoms with Crippen LogP contribution in [0, 0.1) is 0 Å². The number of unbranched alkanes of at least 4 members (excludes halogenated alkanes) is 1. The molecule has 216 valence electrons. The molecule has 2 aromatic carbocycles. The summed E-state index contributed by atoms with van der Waals surface area (Å²) in [5.41, 5.74) is 0.903. The van der Waals surface area contributed by atoms with Crippen molar-refractivity contribution < 1.29 is 27.5 Å². The lowest BCUT2D eigenvalue weighted by Gasteiger charge is -2.36. The molecule has 0 unspecified atom stereocenters. The maximum Gasteiger partial charge on any atom is 0.416 e. The molecule has 39 heavy (non-hydrogen) atoms. The van der Waals surface area contributed by atoms with Gasteiger partial charge in [-0.25, -0.2) is 0 Å². The van der Waals surface area contributed by atoms with Crippen LogP contribution >= 0.6 is 24.8 Å². The van der Waals surface area contributed by atoms with Gasteiger partial charge in [-0.15, -0.1) is 24.8 Å². The second-order valence-electron chi connectivity index (χ2n) is 9.48. The Morgan fingerprint density at radius 2 is 1.46 bits per heavy atom. The molecule has 2 amide bonds. The number of methoxy groups -OCH3 is 1. The molecule has 2 aromatic rings. The summed E-state index contributed by atoms with van der Waals surface area (Å²) < 4.78 is 44.4. The molecule has 0 spiro atoms. The van der Waals surface area contributed by atoms with Gasteiger partial charge in [-0.2, -0.15) is 13.2 Å². The Kier molecular flexibility index (Phi) is 12.4. The molecule has 0 bridgehead atoms. The molecule has 2 fully saturated rings. The molecule has 0 saturated carbocycles. The Bertz CT molecular complexity index is 1080. The minimum Gasteiger partial charge on any atom is -0.496 e. The Labute approximate surface area is 239 Å². The van der Waals surface area contributed by atoms with Gasteiger partial charge in [0.25, 0.3) is 0 Å². The van der Waals surface area contributed by atoms with Crippen LogP contribution in [0.1, 0.15) is 24.0 Å². The van der Waals surface area contributed by atoms with Gasteiger partial charge in [0.15, 0.2) is 0 Å². The number of piperazine rings is 2. The summed E-state index contributed by atoms with van der Waals surface area (Å²) in [6.07, 6.45) is -2.79. The Morgan fingerprint density at radius 3 is 2.10 bits per heavy atom. The fourth-order valence-corrected chi connectivity index (χ4v) is 4.90. The summed E-state index contributed by atoms with van der Waals surface area (Å²) in [6.45, 7) is 4.94. The van der Waals surface area contributed by atoms with Crippen LogP contribution in [-0.4, -0.2) is 86.0 Å². The minimum atomic E-state index is -4.34. The first-order valence-corrected chi connectivity index (χ1v) is 12.6. The molecule has 2 aliphatic heterocycles. The average molecular weight is 592 g/mol. The number of benzene rings is 2. The third kappa shape index (κ3) is 8.73. The van der Waals surface area contributed by atoms with E-state index in [1.54, 1.807) is 13.2 Å². The quantitative estimate of drug-likeness (QED) is 0.320. The van der Waals surface area contributed by atoms with E-state index in [0.29, 0.717) is 31.9 Å². The Morgan fingerprint density at radius 1 is 0.821 bits per heavy atom. The van der Waals surface area contributed by atoms with Crippen LogP contribution in [0.15, 0.2) is 48.5 Å². The zero-order valence-corrected chi connectivity index (χ0v) is 23.5. The number of hydrogen-bond donors (Lipinski definition) is 0. The van der Waals surface area contributed by atoms with Gasteiger partial charge in [0.1, 0.15) is 5.75 Å². The molecule has 7 nitrogen and oxygen atoms in total. The SMILES string of the molecule is COc1ccccc1CN1CC(=O)N(CCCCN2CCN(c3cccc(C(F)(F)F)c3)CC2)C(=O)C1.Cl.Cl. The number of hydrogen-bond acceptors (Lipinski definition) is 6. The standard InChI is InChI=1S/C27H33F3N4O3.2ClH/c1-37-24-10-3-2-7-21(24)18-32-19-25(35)34(26(36)20-32)12-5-4-11-31-13-15-33(16-14-31)23-9-6-8-22(17-23)27(28,29)30;;/h2-3,6-10,17H,4-5,11-16,18-20H2,1H3;2*1H. The Hall–Kier alpha value is -2.53. The van der Waals surface area contributed by atoms with Gasteiger partial charge < -0.3 is 9.64 Å². The maximum absolute atomic E-state index is 13.0. The van der Waals surface area contributed by atoms with Crippen LogP contribution < -0.4 is 9.64 Å². The highest BCUT2D eigenvalue weighted by Gasteiger charge is 2.32. The summed E-state index contributed by atoms with van der Waals surface area (Å²) in [4.78, 5) is 32.8. The molecule has 0 aromatic heterocycles. The predicted molar refractivity (Wildman–Crippen MR) is 149 cm³/mol. The molecule has 0 N–H and O–H groups in total. The number of ether oxygens (including phenoxy) is 1. The third-order valence-electron chi connectivity index (χ3n) is 6.92.